The summed E-state index contributed by atoms with van der Waals surface area (Å²) in [7, 11) is 0. The molecule has 0 N–H and O–H groups in total. The van der Waals surface area contributed by atoms with Crippen LogP contribution >= 0.6 is 11.6 Å². The Labute approximate surface area is 122 Å². The zero-order chi connectivity index (χ0) is 15.3. The highest BCUT2D eigenvalue weighted by Crippen LogP contribution is 2.29. The van der Waals surface area contributed by atoms with E-state index in [1.165, 1.54) is 12.1 Å². The lowest BCUT2D eigenvalue weighted by Gasteiger charge is -2.13. The molecule has 0 aromatic heterocycles. The summed E-state index contributed by atoms with van der Waals surface area (Å²) >= 11 is 5.71. The van der Waals surface area contributed by atoms with Gasteiger partial charge in [0.15, 0.2) is 0 Å². The second-order valence-electron chi connectivity index (χ2n) is 4.58. The first-order chi connectivity index (χ1) is 9.22. The van der Waals surface area contributed by atoms with E-state index in [1.54, 1.807) is 18.2 Å². The van der Waals surface area contributed by atoms with E-state index in [2.05, 4.69) is 6.58 Å². The molecule has 4 heteroatoms. The summed E-state index contributed by atoms with van der Waals surface area (Å²) in [5.41, 5.74) is 0.893. The fourth-order valence-corrected chi connectivity index (χ4v) is 1.96. The first kappa shape index (κ1) is 16.6. The minimum Gasteiger partial charge on any atom is -0.207 e. The predicted octanol–water partition coefficient (Wildman–Crippen LogP) is 5.73. The van der Waals surface area contributed by atoms with Crippen molar-refractivity contribution < 1.29 is 13.2 Å². The molecule has 0 aliphatic carbocycles. The van der Waals surface area contributed by atoms with Crippen molar-refractivity contribution in [2.24, 2.45) is 0 Å². The highest BCUT2D eigenvalue weighted by Gasteiger charge is 2.25. The smallest absolute Gasteiger partial charge is 0.207 e. The molecule has 0 amide bonds. The van der Waals surface area contributed by atoms with Gasteiger partial charge in [-0.2, -0.15) is 0 Å². The quantitative estimate of drug-likeness (QED) is 0.609. The van der Waals surface area contributed by atoms with E-state index in [9.17, 15) is 13.2 Å². The van der Waals surface area contributed by atoms with Gasteiger partial charge in [0, 0.05) is 17.5 Å². The molecule has 0 fully saturated rings. The average Bonchev–Trinajstić information content (AvgIpc) is 2.26. The summed E-state index contributed by atoms with van der Waals surface area (Å²) in [5.74, 6) is -3.75. The maximum absolute atomic E-state index is 13.4. The van der Waals surface area contributed by atoms with Crippen molar-refractivity contribution >= 4 is 11.6 Å². The molecule has 0 unspecified atom stereocenters. The Kier molecular flexibility index (Phi) is 5.63. The van der Waals surface area contributed by atoms with Crippen molar-refractivity contribution in [2.45, 2.75) is 26.2 Å². The topological polar surface area (TPSA) is 0 Å². The predicted molar refractivity (Wildman–Crippen MR) is 77.6 cm³/mol. The van der Waals surface area contributed by atoms with Gasteiger partial charge in [-0.3, -0.25) is 0 Å². The van der Waals surface area contributed by atoms with Gasteiger partial charge < -0.3 is 0 Å². The molecule has 1 aromatic rings. The second kappa shape index (κ2) is 6.80. The summed E-state index contributed by atoms with van der Waals surface area (Å²) in [5, 5.41) is 0.329. The first-order valence-corrected chi connectivity index (χ1v) is 6.45. The molecule has 20 heavy (non-hydrogen) atoms. The molecule has 108 valence electrons. The van der Waals surface area contributed by atoms with Crippen LogP contribution in [0.15, 0.2) is 53.6 Å². The van der Waals surface area contributed by atoms with Gasteiger partial charge in [0.1, 0.15) is 5.82 Å². The van der Waals surface area contributed by atoms with Crippen LogP contribution in [0.3, 0.4) is 0 Å². The third-order valence-electron chi connectivity index (χ3n) is 2.60. The number of rotatable bonds is 5. The minimum absolute atomic E-state index is 0.302. The summed E-state index contributed by atoms with van der Waals surface area (Å²) in [6.45, 7) is 6.12. The Bertz CT molecular complexity index is 551. The van der Waals surface area contributed by atoms with Crippen LogP contribution in [0.2, 0.25) is 0 Å². The van der Waals surface area contributed by atoms with Gasteiger partial charge in [-0.1, -0.05) is 30.3 Å². The Hall–Kier alpha value is -1.48. The molecule has 0 atom stereocenters. The number of hydrogen-bond donors (Lipinski definition) is 0. The van der Waals surface area contributed by atoms with E-state index in [0.29, 0.717) is 17.0 Å². The van der Waals surface area contributed by atoms with Crippen molar-refractivity contribution in [2.75, 3.05) is 0 Å². The zero-order valence-electron chi connectivity index (χ0n) is 11.4. The van der Waals surface area contributed by atoms with Crippen molar-refractivity contribution in [3.8, 4) is 0 Å². The maximum atomic E-state index is 13.4. The number of benzene rings is 1. The van der Waals surface area contributed by atoms with Crippen LogP contribution in [-0.2, 0) is 12.3 Å². The molecule has 0 saturated heterocycles. The highest BCUT2D eigenvalue weighted by molar-refractivity contribution is 6.30. The lowest BCUT2D eigenvalue weighted by molar-refractivity contribution is 0.0171. The molecule has 0 bridgehead atoms. The fraction of sp³-hybridized carbons (Fsp3) is 0.250. The fourth-order valence-electron chi connectivity index (χ4n) is 1.81. The van der Waals surface area contributed by atoms with Gasteiger partial charge in [0.2, 0.25) is 0 Å². The second-order valence-corrected chi connectivity index (χ2v) is 5.06. The molecule has 1 rings (SSSR count). The summed E-state index contributed by atoms with van der Waals surface area (Å²) in [6, 6.07) is 3.39. The molecule has 0 aliphatic rings. The molecule has 1 aromatic carbocycles. The molecule has 0 nitrogen and oxygen atoms in total. The van der Waals surface area contributed by atoms with E-state index < -0.39 is 11.7 Å². The summed E-state index contributed by atoms with van der Waals surface area (Å²) in [4.78, 5) is 0. The normalized spacial score (nSPS) is 13.0. The van der Waals surface area contributed by atoms with Crippen LogP contribution in [0, 0.1) is 5.82 Å². The molecule has 0 aliphatic heterocycles. The standard InChI is InChI=1S/C16H16ClF3/c1-4-5-12(6-11(2)17)7-13-8-14(16(3,19)20)10-15(18)9-13/h4-6,8-10H,2,7H2,1,3H3/b5-4-,12-6+. The Morgan fingerprint density at radius 2 is 2.00 bits per heavy atom. The van der Waals surface area contributed by atoms with Gasteiger partial charge in [0.05, 0.1) is 0 Å². The van der Waals surface area contributed by atoms with Gasteiger partial charge in [-0.05, 0) is 48.8 Å². The molecule has 0 spiro atoms. The van der Waals surface area contributed by atoms with E-state index in [0.717, 1.165) is 18.6 Å². The SMILES string of the molecule is C=C(Cl)/C=C(\C=C/C)Cc1cc(F)cc(C(C)(F)F)c1. The van der Waals surface area contributed by atoms with Gasteiger partial charge in [-0.15, -0.1) is 0 Å². The first-order valence-electron chi connectivity index (χ1n) is 6.08. The van der Waals surface area contributed by atoms with Crippen LogP contribution in [-0.4, -0.2) is 0 Å². The maximum Gasteiger partial charge on any atom is 0.270 e. The van der Waals surface area contributed by atoms with Gasteiger partial charge >= 0.3 is 0 Å². The van der Waals surface area contributed by atoms with Gasteiger partial charge in [0.25, 0.3) is 5.92 Å². The third-order valence-corrected chi connectivity index (χ3v) is 2.70. The van der Waals surface area contributed by atoms with Crippen molar-refractivity contribution in [1.82, 2.24) is 0 Å². The van der Waals surface area contributed by atoms with Crippen LogP contribution in [0.4, 0.5) is 13.2 Å². The van der Waals surface area contributed by atoms with Crippen LogP contribution < -0.4 is 0 Å². The Morgan fingerprint density at radius 3 is 2.50 bits per heavy atom. The number of halogens is 4. The molecule has 0 heterocycles. The van der Waals surface area contributed by atoms with Gasteiger partial charge in [-0.25, -0.2) is 13.2 Å². The summed E-state index contributed by atoms with van der Waals surface area (Å²) < 4.78 is 40.0. The van der Waals surface area contributed by atoms with E-state index in [1.807, 2.05) is 6.92 Å². The molecular weight excluding hydrogens is 285 g/mol. The Morgan fingerprint density at radius 1 is 1.35 bits per heavy atom. The average molecular weight is 301 g/mol. The molecular formula is C16H16ClF3. The van der Waals surface area contributed by atoms with E-state index in [4.69, 9.17) is 11.6 Å². The lowest BCUT2D eigenvalue weighted by Crippen LogP contribution is -2.08. The monoisotopic (exact) mass is 300 g/mol. The van der Waals surface area contributed by atoms with Crippen LogP contribution in [0.25, 0.3) is 0 Å². The Balaban J connectivity index is 3.14. The third kappa shape index (κ3) is 5.25. The zero-order valence-corrected chi connectivity index (χ0v) is 12.1. The number of hydrogen-bond acceptors (Lipinski definition) is 0. The van der Waals surface area contributed by atoms with E-state index >= 15 is 0 Å². The number of alkyl halides is 2. The van der Waals surface area contributed by atoms with Crippen molar-refractivity contribution in [3.63, 3.8) is 0 Å². The molecule has 0 radical (unpaired) electrons. The van der Waals surface area contributed by atoms with E-state index in [-0.39, 0.29) is 5.56 Å². The number of allylic oxidation sites excluding steroid dienone is 5. The highest BCUT2D eigenvalue weighted by atomic mass is 35.5. The lowest BCUT2D eigenvalue weighted by atomic mass is 10.00. The summed E-state index contributed by atoms with van der Waals surface area (Å²) in [6.07, 6.45) is 5.50. The minimum atomic E-state index is -3.07. The van der Waals surface area contributed by atoms with Crippen molar-refractivity contribution in [1.29, 1.82) is 0 Å². The van der Waals surface area contributed by atoms with Crippen LogP contribution in [0.5, 0.6) is 0 Å². The van der Waals surface area contributed by atoms with Crippen LogP contribution in [0.1, 0.15) is 25.0 Å². The molecule has 0 saturated carbocycles. The largest absolute Gasteiger partial charge is 0.270 e. The van der Waals surface area contributed by atoms with Crippen molar-refractivity contribution in [3.05, 3.63) is 70.6 Å².